The SMILES string of the molecule is CCOc1ccc(N/C(=C/C(=O)OC)C(=O)OC)c(F)c1F. The highest BCUT2D eigenvalue weighted by atomic mass is 19.2. The van der Waals surface area contributed by atoms with Crippen molar-refractivity contribution >= 4 is 17.6 Å². The van der Waals surface area contributed by atoms with Gasteiger partial charge in [-0.05, 0) is 19.1 Å². The summed E-state index contributed by atoms with van der Waals surface area (Å²) in [5.41, 5.74) is -0.765. The molecule has 1 aromatic carbocycles. The van der Waals surface area contributed by atoms with Gasteiger partial charge in [0.25, 0.3) is 0 Å². The molecule has 1 N–H and O–H groups in total. The van der Waals surface area contributed by atoms with Crippen molar-refractivity contribution in [2.75, 3.05) is 26.1 Å². The Kier molecular flexibility index (Phi) is 6.30. The largest absolute Gasteiger partial charge is 0.491 e. The van der Waals surface area contributed by atoms with Crippen LogP contribution in [0.5, 0.6) is 5.75 Å². The van der Waals surface area contributed by atoms with Gasteiger partial charge in [-0.1, -0.05) is 0 Å². The number of anilines is 1. The first-order chi connectivity index (χ1) is 10.4. The van der Waals surface area contributed by atoms with Gasteiger partial charge in [-0.3, -0.25) is 0 Å². The minimum Gasteiger partial charge on any atom is -0.491 e. The number of rotatable bonds is 6. The highest BCUT2D eigenvalue weighted by Gasteiger charge is 2.18. The van der Waals surface area contributed by atoms with Crippen LogP contribution in [0.25, 0.3) is 0 Å². The van der Waals surface area contributed by atoms with Crippen molar-refractivity contribution in [1.29, 1.82) is 0 Å². The van der Waals surface area contributed by atoms with E-state index in [9.17, 15) is 18.4 Å². The van der Waals surface area contributed by atoms with Gasteiger partial charge in [-0.15, -0.1) is 0 Å². The Bertz CT molecular complexity index is 601. The second-order valence-electron chi connectivity index (χ2n) is 3.87. The summed E-state index contributed by atoms with van der Waals surface area (Å²) in [6.07, 6.45) is 0.764. The van der Waals surface area contributed by atoms with Crippen LogP contribution in [-0.2, 0) is 19.1 Å². The average Bonchev–Trinajstić information content (AvgIpc) is 2.52. The summed E-state index contributed by atoms with van der Waals surface area (Å²) in [6, 6.07) is 2.36. The van der Waals surface area contributed by atoms with Crippen molar-refractivity contribution in [3.8, 4) is 5.75 Å². The van der Waals surface area contributed by atoms with Crippen LogP contribution in [0.15, 0.2) is 23.9 Å². The topological polar surface area (TPSA) is 73.9 Å². The van der Waals surface area contributed by atoms with E-state index in [-0.39, 0.29) is 18.0 Å². The Labute approximate surface area is 125 Å². The molecule has 0 spiro atoms. The number of hydrogen-bond donors (Lipinski definition) is 1. The minimum atomic E-state index is -1.26. The molecule has 120 valence electrons. The van der Waals surface area contributed by atoms with E-state index in [1.165, 1.54) is 6.07 Å². The molecule has 0 aromatic heterocycles. The Morgan fingerprint density at radius 3 is 2.41 bits per heavy atom. The summed E-state index contributed by atoms with van der Waals surface area (Å²) in [7, 11) is 2.18. The van der Waals surface area contributed by atoms with Crippen LogP contribution in [0.2, 0.25) is 0 Å². The number of benzene rings is 1. The molecule has 6 nitrogen and oxygen atoms in total. The van der Waals surface area contributed by atoms with Gasteiger partial charge in [0.05, 0.1) is 32.6 Å². The fourth-order valence-corrected chi connectivity index (χ4v) is 1.47. The molecule has 22 heavy (non-hydrogen) atoms. The lowest BCUT2D eigenvalue weighted by molar-refractivity contribution is -0.138. The minimum absolute atomic E-state index is 0.165. The second-order valence-corrected chi connectivity index (χ2v) is 3.87. The Morgan fingerprint density at radius 2 is 1.86 bits per heavy atom. The molecule has 1 aromatic rings. The lowest BCUT2D eigenvalue weighted by atomic mass is 10.2. The molecule has 0 saturated heterocycles. The number of halogens is 2. The first-order valence-electron chi connectivity index (χ1n) is 6.20. The third-order valence-electron chi connectivity index (χ3n) is 2.48. The lowest BCUT2D eigenvalue weighted by Crippen LogP contribution is -2.16. The maximum absolute atomic E-state index is 13.9. The van der Waals surface area contributed by atoms with E-state index in [1.54, 1.807) is 6.92 Å². The summed E-state index contributed by atoms with van der Waals surface area (Å²) in [4.78, 5) is 22.7. The summed E-state index contributed by atoms with van der Waals surface area (Å²) >= 11 is 0. The third-order valence-corrected chi connectivity index (χ3v) is 2.48. The fraction of sp³-hybridized carbons (Fsp3) is 0.286. The van der Waals surface area contributed by atoms with E-state index in [0.29, 0.717) is 0 Å². The number of ether oxygens (including phenoxy) is 3. The number of hydrogen-bond acceptors (Lipinski definition) is 6. The smallest absolute Gasteiger partial charge is 0.354 e. The number of nitrogens with one attached hydrogen (secondary N) is 1. The van der Waals surface area contributed by atoms with E-state index in [1.807, 2.05) is 0 Å². The molecule has 0 aliphatic rings. The lowest BCUT2D eigenvalue weighted by Gasteiger charge is -2.12. The van der Waals surface area contributed by atoms with Crippen LogP contribution in [-0.4, -0.2) is 32.8 Å². The van der Waals surface area contributed by atoms with Crippen LogP contribution in [0.1, 0.15) is 6.92 Å². The molecule has 0 heterocycles. The van der Waals surface area contributed by atoms with Crippen molar-refractivity contribution in [3.05, 3.63) is 35.5 Å². The maximum Gasteiger partial charge on any atom is 0.354 e. The third kappa shape index (κ3) is 4.18. The van der Waals surface area contributed by atoms with Gasteiger partial charge < -0.3 is 19.5 Å². The highest BCUT2D eigenvalue weighted by Crippen LogP contribution is 2.27. The summed E-state index contributed by atoms with van der Waals surface area (Å²) in [5, 5.41) is 2.29. The zero-order chi connectivity index (χ0) is 16.7. The molecule has 0 unspecified atom stereocenters. The van der Waals surface area contributed by atoms with Gasteiger partial charge in [0.15, 0.2) is 11.6 Å². The van der Waals surface area contributed by atoms with E-state index in [2.05, 4.69) is 14.8 Å². The molecule has 0 amide bonds. The number of carbonyl (C=O) groups excluding carboxylic acids is 2. The van der Waals surface area contributed by atoms with Crippen molar-refractivity contribution in [2.45, 2.75) is 6.92 Å². The van der Waals surface area contributed by atoms with Crippen molar-refractivity contribution < 1.29 is 32.6 Å². The Hall–Kier alpha value is -2.64. The number of carbonyl (C=O) groups is 2. The predicted molar refractivity (Wildman–Crippen MR) is 73.3 cm³/mol. The van der Waals surface area contributed by atoms with E-state index < -0.39 is 29.3 Å². The van der Waals surface area contributed by atoms with Gasteiger partial charge in [0.1, 0.15) is 5.70 Å². The molecule has 0 radical (unpaired) electrons. The zero-order valence-electron chi connectivity index (χ0n) is 12.2. The Morgan fingerprint density at radius 1 is 1.18 bits per heavy atom. The van der Waals surface area contributed by atoms with Crippen molar-refractivity contribution in [1.82, 2.24) is 0 Å². The predicted octanol–water partition coefficient (Wildman–Crippen LogP) is 2.01. The summed E-state index contributed by atoms with van der Waals surface area (Å²) < 4.78 is 41.4. The van der Waals surface area contributed by atoms with Crippen molar-refractivity contribution in [3.63, 3.8) is 0 Å². The monoisotopic (exact) mass is 315 g/mol. The molecule has 0 saturated carbocycles. The van der Waals surface area contributed by atoms with Gasteiger partial charge in [0, 0.05) is 0 Å². The van der Waals surface area contributed by atoms with Gasteiger partial charge >= 0.3 is 11.9 Å². The average molecular weight is 315 g/mol. The van der Waals surface area contributed by atoms with Crippen LogP contribution < -0.4 is 10.1 Å². The first kappa shape index (κ1) is 17.4. The molecule has 0 aliphatic carbocycles. The van der Waals surface area contributed by atoms with E-state index in [0.717, 1.165) is 26.4 Å². The first-order valence-corrected chi connectivity index (χ1v) is 6.20. The van der Waals surface area contributed by atoms with Crippen LogP contribution in [0.3, 0.4) is 0 Å². The molecular weight excluding hydrogens is 300 g/mol. The van der Waals surface area contributed by atoms with Gasteiger partial charge in [-0.2, -0.15) is 4.39 Å². The van der Waals surface area contributed by atoms with Crippen LogP contribution in [0, 0.1) is 11.6 Å². The molecule has 0 fully saturated rings. The summed E-state index contributed by atoms with van der Waals surface area (Å²) in [6.45, 7) is 1.79. The number of methoxy groups -OCH3 is 2. The summed E-state index contributed by atoms with van der Waals surface area (Å²) in [5.74, 6) is -4.54. The van der Waals surface area contributed by atoms with Crippen molar-refractivity contribution in [2.24, 2.45) is 0 Å². The van der Waals surface area contributed by atoms with Crippen LogP contribution >= 0.6 is 0 Å². The van der Waals surface area contributed by atoms with Gasteiger partial charge in [-0.25, -0.2) is 14.0 Å². The quantitative estimate of drug-likeness (QED) is 0.639. The molecule has 8 heteroatoms. The molecule has 0 atom stereocenters. The van der Waals surface area contributed by atoms with E-state index in [4.69, 9.17) is 4.74 Å². The normalized spacial score (nSPS) is 10.9. The second kappa shape index (κ2) is 7.96. The molecule has 0 bridgehead atoms. The maximum atomic E-state index is 13.9. The van der Waals surface area contributed by atoms with Crippen LogP contribution in [0.4, 0.5) is 14.5 Å². The fourth-order valence-electron chi connectivity index (χ4n) is 1.47. The van der Waals surface area contributed by atoms with E-state index >= 15 is 0 Å². The standard InChI is InChI=1S/C14H15F2NO5/c1-4-22-10-6-5-8(12(15)13(10)16)17-9(14(19)21-3)7-11(18)20-2/h5-7,17H,4H2,1-3H3/b9-7+. The molecule has 0 aliphatic heterocycles. The molecule has 1 rings (SSSR count). The molecular formula is C14H15F2NO5. The Balaban J connectivity index is 3.14. The highest BCUT2D eigenvalue weighted by molar-refractivity contribution is 5.98. The zero-order valence-corrected chi connectivity index (χ0v) is 12.2. The van der Waals surface area contributed by atoms with Gasteiger partial charge in [0.2, 0.25) is 5.82 Å². The number of esters is 2.